The van der Waals surface area contributed by atoms with Gasteiger partial charge in [0.05, 0.1) is 0 Å². The van der Waals surface area contributed by atoms with Crippen LogP contribution in [-0.4, -0.2) is 6.71 Å². The van der Waals surface area contributed by atoms with Crippen LogP contribution in [0.2, 0.25) is 0 Å². The van der Waals surface area contributed by atoms with Crippen LogP contribution in [0.3, 0.4) is 0 Å². The molecule has 1 aliphatic rings. The maximum atomic E-state index is 3.55. The Hall–Kier alpha value is -1.68. The Balaban J connectivity index is 0.00000169. The van der Waals surface area contributed by atoms with Crippen molar-refractivity contribution in [2.45, 2.75) is 27.2 Å². The first-order chi connectivity index (χ1) is 11.1. The molecule has 0 amide bonds. The SMILES string of the molecule is Cc1cc(C)c(B2c3[c-]cccc3Cc3ccccc32)c(C)c1.[Li+]. The van der Waals surface area contributed by atoms with Crippen LogP contribution >= 0.6 is 0 Å². The molecule has 0 unspecified atom stereocenters. The summed E-state index contributed by atoms with van der Waals surface area (Å²) in [5.41, 5.74) is 11.2. The van der Waals surface area contributed by atoms with Gasteiger partial charge in [0.15, 0.2) is 0 Å². The first kappa shape index (κ1) is 17.2. The standard InChI is InChI=1S/C22H20B.Li/c1-15-12-16(2)22(17(3)13-15)23-20-10-6-4-8-18(20)14-19-9-5-7-11-21(19)23;/h4-10,12-13H,14H2,1-3H3;/q-1;+1. The van der Waals surface area contributed by atoms with Gasteiger partial charge in [-0.15, -0.1) is 0 Å². The largest absolute Gasteiger partial charge is 1.00 e. The molecule has 3 aromatic rings. The van der Waals surface area contributed by atoms with Gasteiger partial charge in [-0.1, -0.05) is 69.6 Å². The molecule has 1 heterocycles. The van der Waals surface area contributed by atoms with E-state index < -0.39 is 0 Å². The van der Waals surface area contributed by atoms with Gasteiger partial charge in [-0.25, -0.2) is 0 Å². The molecule has 0 radical (unpaired) electrons. The minimum atomic E-state index is 0. The summed E-state index contributed by atoms with van der Waals surface area (Å²) in [6.45, 7) is 6.97. The van der Waals surface area contributed by atoms with E-state index in [0.29, 0.717) is 6.71 Å². The van der Waals surface area contributed by atoms with E-state index in [-0.39, 0.29) is 18.9 Å². The zero-order valence-electron chi connectivity index (χ0n) is 15.0. The number of rotatable bonds is 1. The van der Waals surface area contributed by atoms with Crippen molar-refractivity contribution < 1.29 is 18.9 Å². The van der Waals surface area contributed by atoms with Crippen molar-refractivity contribution in [3.63, 3.8) is 0 Å². The normalized spacial score (nSPS) is 12.2. The molecule has 0 nitrogen and oxygen atoms in total. The van der Waals surface area contributed by atoms with Gasteiger partial charge in [0.25, 0.3) is 0 Å². The van der Waals surface area contributed by atoms with Crippen molar-refractivity contribution in [2.75, 3.05) is 0 Å². The Morgan fingerprint density at radius 3 is 2.29 bits per heavy atom. The van der Waals surface area contributed by atoms with E-state index in [1.165, 1.54) is 44.2 Å². The van der Waals surface area contributed by atoms with Crippen LogP contribution in [0.25, 0.3) is 0 Å². The number of benzene rings is 3. The van der Waals surface area contributed by atoms with Gasteiger partial charge in [0, 0.05) is 0 Å². The van der Waals surface area contributed by atoms with Crippen LogP contribution in [0.4, 0.5) is 0 Å². The molecule has 0 atom stereocenters. The predicted molar refractivity (Wildman–Crippen MR) is 99.8 cm³/mol. The maximum absolute atomic E-state index is 3.55. The summed E-state index contributed by atoms with van der Waals surface area (Å²) in [6, 6.07) is 23.5. The molecule has 0 saturated carbocycles. The van der Waals surface area contributed by atoms with E-state index in [4.69, 9.17) is 0 Å². The molecule has 112 valence electrons. The second-order valence-electron chi connectivity index (χ2n) is 6.73. The Kier molecular flexibility index (Phi) is 4.77. The molecule has 0 aliphatic carbocycles. The molecule has 0 N–H and O–H groups in total. The van der Waals surface area contributed by atoms with Gasteiger partial charge < -0.3 is 0 Å². The molecule has 0 aromatic heterocycles. The van der Waals surface area contributed by atoms with E-state index in [1.807, 2.05) is 0 Å². The zero-order valence-corrected chi connectivity index (χ0v) is 15.0. The van der Waals surface area contributed by atoms with Crippen LogP contribution in [0, 0.1) is 26.8 Å². The molecule has 1 aliphatic heterocycles. The molecule has 24 heavy (non-hydrogen) atoms. The van der Waals surface area contributed by atoms with Crippen LogP contribution < -0.4 is 35.2 Å². The van der Waals surface area contributed by atoms with E-state index in [0.717, 1.165) is 6.42 Å². The Morgan fingerprint density at radius 2 is 1.54 bits per heavy atom. The van der Waals surface area contributed by atoms with E-state index in [9.17, 15) is 0 Å². The van der Waals surface area contributed by atoms with Gasteiger partial charge in [-0.05, 0) is 27.2 Å². The zero-order chi connectivity index (χ0) is 16.0. The first-order valence-electron chi connectivity index (χ1n) is 8.30. The van der Waals surface area contributed by atoms with Crippen LogP contribution in [0.1, 0.15) is 27.8 Å². The fourth-order valence-electron chi connectivity index (χ4n) is 4.19. The van der Waals surface area contributed by atoms with E-state index in [2.05, 4.69) is 81.4 Å². The van der Waals surface area contributed by atoms with Crippen molar-refractivity contribution in [1.82, 2.24) is 0 Å². The number of fused-ring (bicyclic) bond motifs is 2. The second kappa shape index (κ2) is 6.67. The molecule has 0 bridgehead atoms. The fourth-order valence-corrected chi connectivity index (χ4v) is 4.19. The number of hydrogen-bond donors (Lipinski definition) is 0. The maximum Gasteiger partial charge on any atom is 1.00 e. The van der Waals surface area contributed by atoms with Crippen molar-refractivity contribution >= 4 is 23.1 Å². The summed E-state index contributed by atoms with van der Waals surface area (Å²) in [6.07, 6.45) is 1.02. The van der Waals surface area contributed by atoms with Gasteiger partial charge in [0.1, 0.15) is 0 Å². The van der Waals surface area contributed by atoms with Gasteiger partial charge in [-0.2, -0.15) is 35.3 Å². The summed E-state index contributed by atoms with van der Waals surface area (Å²) < 4.78 is 0. The third-order valence-corrected chi connectivity index (χ3v) is 5.04. The van der Waals surface area contributed by atoms with Crippen molar-refractivity contribution in [3.8, 4) is 0 Å². The third-order valence-electron chi connectivity index (χ3n) is 5.04. The van der Waals surface area contributed by atoms with Crippen molar-refractivity contribution in [3.05, 3.63) is 88.5 Å². The summed E-state index contributed by atoms with van der Waals surface area (Å²) in [5.74, 6) is 0. The second-order valence-corrected chi connectivity index (χ2v) is 6.73. The minimum Gasteiger partial charge on any atom is -0.189 e. The summed E-state index contributed by atoms with van der Waals surface area (Å²) in [4.78, 5) is 0. The number of hydrogen-bond acceptors (Lipinski definition) is 0. The molecule has 4 rings (SSSR count). The van der Waals surface area contributed by atoms with Crippen LogP contribution in [-0.2, 0) is 6.42 Å². The quantitative estimate of drug-likeness (QED) is 0.338. The van der Waals surface area contributed by atoms with Crippen LogP contribution in [0.5, 0.6) is 0 Å². The Morgan fingerprint density at radius 1 is 0.875 bits per heavy atom. The molecule has 0 spiro atoms. The van der Waals surface area contributed by atoms with Gasteiger partial charge in [0.2, 0.25) is 6.71 Å². The average molecular weight is 302 g/mol. The van der Waals surface area contributed by atoms with Crippen molar-refractivity contribution in [2.24, 2.45) is 0 Å². The summed E-state index contributed by atoms with van der Waals surface area (Å²) >= 11 is 0. The molecule has 3 aromatic carbocycles. The molecule has 2 heteroatoms. The molecular weight excluding hydrogens is 282 g/mol. The average Bonchev–Trinajstić information content (AvgIpc) is 2.53. The first-order valence-corrected chi connectivity index (χ1v) is 8.30. The molecule has 0 saturated heterocycles. The molecule has 0 fully saturated rings. The van der Waals surface area contributed by atoms with E-state index >= 15 is 0 Å². The third kappa shape index (κ3) is 2.77. The van der Waals surface area contributed by atoms with Gasteiger partial charge in [-0.3, -0.25) is 0 Å². The summed E-state index contributed by atoms with van der Waals surface area (Å²) in [7, 11) is 0. The number of aryl methyl sites for hydroxylation is 3. The van der Waals surface area contributed by atoms with Crippen molar-refractivity contribution in [1.29, 1.82) is 0 Å². The van der Waals surface area contributed by atoms with Crippen LogP contribution in [0.15, 0.2) is 54.6 Å². The smallest absolute Gasteiger partial charge is 0.189 e. The Bertz CT molecular complexity index is 829. The minimum absolute atomic E-state index is 0. The fraction of sp³-hybridized carbons (Fsp3) is 0.182. The monoisotopic (exact) mass is 302 g/mol. The summed E-state index contributed by atoms with van der Waals surface area (Å²) in [5, 5.41) is 0. The molecular formula is C22H20BLi. The topological polar surface area (TPSA) is 0 Å². The predicted octanol–water partition coefficient (Wildman–Crippen LogP) is -0.164. The Labute approximate surface area is 157 Å². The van der Waals surface area contributed by atoms with E-state index in [1.54, 1.807) is 0 Å². The van der Waals surface area contributed by atoms with Gasteiger partial charge >= 0.3 is 18.9 Å².